The summed E-state index contributed by atoms with van der Waals surface area (Å²) in [5.41, 5.74) is 7.41. The van der Waals surface area contributed by atoms with Crippen LogP contribution < -0.4 is 5.73 Å². The van der Waals surface area contributed by atoms with Crippen LogP contribution >= 0.6 is 0 Å². The van der Waals surface area contributed by atoms with Gasteiger partial charge < -0.3 is 5.73 Å². The first kappa shape index (κ1) is 12.4. The molecular weight excluding hydrogens is 194 g/mol. The third-order valence-corrected chi connectivity index (χ3v) is 5.13. The van der Waals surface area contributed by atoms with Gasteiger partial charge in [0.05, 0.1) is 0 Å². The fourth-order valence-electron chi connectivity index (χ4n) is 4.15. The fourth-order valence-corrected chi connectivity index (χ4v) is 4.15. The summed E-state index contributed by atoms with van der Waals surface area (Å²) in [5.74, 6) is 1.75. The molecule has 0 bridgehead atoms. The molecule has 2 saturated carbocycles. The van der Waals surface area contributed by atoms with Crippen LogP contribution in [0.4, 0.5) is 0 Å². The van der Waals surface area contributed by atoms with E-state index >= 15 is 0 Å². The Kier molecular flexibility index (Phi) is 3.36. The van der Waals surface area contributed by atoms with Crippen molar-refractivity contribution in [3.8, 4) is 0 Å². The van der Waals surface area contributed by atoms with E-state index in [1.165, 1.54) is 51.4 Å². The molecule has 2 aliphatic rings. The molecule has 16 heavy (non-hydrogen) atoms. The second kappa shape index (κ2) is 4.33. The van der Waals surface area contributed by atoms with Crippen molar-refractivity contribution in [1.82, 2.24) is 0 Å². The minimum absolute atomic E-state index is 0.169. The second-order valence-corrected chi connectivity index (χ2v) is 7.38. The van der Waals surface area contributed by atoms with E-state index in [0.29, 0.717) is 5.41 Å². The third-order valence-electron chi connectivity index (χ3n) is 5.13. The molecule has 1 atom stereocenters. The summed E-state index contributed by atoms with van der Waals surface area (Å²) in [6.45, 7) is 7.20. The van der Waals surface area contributed by atoms with Crippen molar-refractivity contribution < 1.29 is 0 Å². The van der Waals surface area contributed by atoms with Crippen molar-refractivity contribution >= 4 is 0 Å². The Balaban J connectivity index is 2.01. The summed E-state index contributed by atoms with van der Waals surface area (Å²) in [7, 11) is 0. The van der Waals surface area contributed by atoms with Crippen LogP contribution in [0.2, 0.25) is 0 Å². The molecule has 1 nitrogen and oxygen atoms in total. The van der Waals surface area contributed by atoms with Gasteiger partial charge in [-0.25, -0.2) is 0 Å². The van der Waals surface area contributed by atoms with E-state index in [4.69, 9.17) is 5.73 Å². The molecule has 0 saturated heterocycles. The molecule has 0 aliphatic heterocycles. The van der Waals surface area contributed by atoms with Crippen molar-refractivity contribution in [2.45, 2.75) is 77.7 Å². The van der Waals surface area contributed by atoms with Crippen LogP contribution in [0.3, 0.4) is 0 Å². The maximum absolute atomic E-state index is 6.75. The zero-order valence-electron chi connectivity index (χ0n) is 11.4. The highest BCUT2D eigenvalue weighted by atomic mass is 14.8. The Bertz CT molecular complexity index is 238. The molecular formula is C15H29N. The number of hydrogen-bond acceptors (Lipinski definition) is 1. The lowest BCUT2D eigenvalue weighted by Gasteiger charge is -2.49. The minimum atomic E-state index is 0.169. The van der Waals surface area contributed by atoms with Gasteiger partial charge in [0.25, 0.3) is 0 Å². The largest absolute Gasteiger partial charge is 0.325 e. The normalized spacial score (nSPS) is 44.2. The summed E-state index contributed by atoms with van der Waals surface area (Å²) >= 11 is 0. The lowest BCUT2D eigenvalue weighted by molar-refractivity contribution is 0.0741. The molecule has 0 aromatic heterocycles. The van der Waals surface area contributed by atoms with Crippen molar-refractivity contribution in [2.24, 2.45) is 23.0 Å². The van der Waals surface area contributed by atoms with Gasteiger partial charge >= 0.3 is 0 Å². The molecule has 0 aromatic rings. The maximum atomic E-state index is 6.75. The van der Waals surface area contributed by atoms with Crippen molar-refractivity contribution in [3.05, 3.63) is 0 Å². The van der Waals surface area contributed by atoms with Crippen LogP contribution in [-0.2, 0) is 0 Å². The Hall–Kier alpha value is -0.0400. The summed E-state index contributed by atoms with van der Waals surface area (Å²) in [6, 6.07) is 0. The van der Waals surface area contributed by atoms with Gasteiger partial charge in [-0.2, -0.15) is 0 Å². The zero-order chi connectivity index (χ0) is 11.8. The van der Waals surface area contributed by atoms with Gasteiger partial charge in [0.2, 0.25) is 0 Å². The summed E-state index contributed by atoms with van der Waals surface area (Å²) in [4.78, 5) is 0. The van der Waals surface area contributed by atoms with Crippen LogP contribution in [0.5, 0.6) is 0 Å². The highest BCUT2D eigenvalue weighted by molar-refractivity contribution is 4.99. The average molecular weight is 223 g/mol. The van der Waals surface area contributed by atoms with Crippen molar-refractivity contribution in [2.75, 3.05) is 0 Å². The molecule has 0 amide bonds. The van der Waals surface area contributed by atoms with Gasteiger partial charge in [0.15, 0.2) is 0 Å². The first-order valence-electron chi connectivity index (χ1n) is 7.20. The topological polar surface area (TPSA) is 26.0 Å². The molecule has 1 heteroatoms. The first-order chi connectivity index (χ1) is 7.41. The third kappa shape index (κ3) is 2.61. The van der Waals surface area contributed by atoms with E-state index in [9.17, 15) is 0 Å². The van der Waals surface area contributed by atoms with Crippen molar-refractivity contribution in [3.63, 3.8) is 0 Å². The van der Waals surface area contributed by atoms with E-state index in [2.05, 4.69) is 20.8 Å². The van der Waals surface area contributed by atoms with Gasteiger partial charge in [-0.1, -0.05) is 40.0 Å². The quantitative estimate of drug-likeness (QED) is 0.711. The molecule has 2 rings (SSSR count). The predicted molar refractivity (Wildman–Crippen MR) is 70.3 cm³/mol. The standard InChI is InChI=1S/C15H29N/c1-12-5-7-13(8-6-12)15(16)10-4-9-14(2,3)11-15/h12-13H,4-11,16H2,1-3H3. The molecule has 0 spiro atoms. The summed E-state index contributed by atoms with van der Waals surface area (Å²) in [5, 5.41) is 0. The lowest BCUT2D eigenvalue weighted by Crippen LogP contribution is -2.53. The second-order valence-electron chi connectivity index (χ2n) is 7.38. The lowest BCUT2D eigenvalue weighted by atomic mass is 9.60. The van der Waals surface area contributed by atoms with E-state index in [1.807, 2.05) is 0 Å². The number of rotatable bonds is 1. The SMILES string of the molecule is CC1CCC(C2(N)CCCC(C)(C)C2)CC1. The molecule has 1 unspecified atom stereocenters. The predicted octanol–water partition coefficient (Wildman–Crippen LogP) is 4.11. The van der Waals surface area contributed by atoms with Crippen LogP contribution in [0.25, 0.3) is 0 Å². The first-order valence-corrected chi connectivity index (χ1v) is 7.20. The van der Waals surface area contributed by atoms with E-state index in [-0.39, 0.29) is 5.54 Å². The highest BCUT2D eigenvalue weighted by Crippen LogP contribution is 2.47. The summed E-state index contributed by atoms with van der Waals surface area (Å²) < 4.78 is 0. The molecule has 2 fully saturated rings. The molecule has 0 aromatic carbocycles. The molecule has 94 valence electrons. The zero-order valence-corrected chi connectivity index (χ0v) is 11.4. The average Bonchev–Trinajstić information content (AvgIpc) is 2.16. The van der Waals surface area contributed by atoms with E-state index in [1.54, 1.807) is 0 Å². The van der Waals surface area contributed by atoms with Gasteiger partial charge in [0.1, 0.15) is 0 Å². The Labute approximate surface area is 101 Å². The summed E-state index contributed by atoms with van der Waals surface area (Å²) in [6.07, 6.45) is 10.8. The van der Waals surface area contributed by atoms with Gasteiger partial charge in [-0.05, 0) is 49.4 Å². The van der Waals surface area contributed by atoms with Crippen LogP contribution in [0.15, 0.2) is 0 Å². The molecule has 0 radical (unpaired) electrons. The highest BCUT2D eigenvalue weighted by Gasteiger charge is 2.42. The maximum Gasteiger partial charge on any atom is 0.0187 e. The van der Waals surface area contributed by atoms with Gasteiger partial charge in [-0.3, -0.25) is 0 Å². The molecule has 0 heterocycles. The fraction of sp³-hybridized carbons (Fsp3) is 1.00. The van der Waals surface area contributed by atoms with Crippen LogP contribution in [0.1, 0.15) is 72.1 Å². The van der Waals surface area contributed by atoms with Gasteiger partial charge in [0, 0.05) is 5.54 Å². The van der Waals surface area contributed by atoms with E-state index in [0.717, 1.165) is 11.8 Å². The minimum Gasteiger partial charge on any atom is -0.325 e. The number of nitrogens with two attached hydrogens (primary N) is 1. The molecule has 2 N–H and O–H groups in total. The van der Waals surface area contributed by atoms with Crippen LogP contribution in [0, 0.1) is 17.3 Å². The Morgan fingerprint density at radius 3 is 2.19 bits per heavy atom. The Morgan fingerprint density at radius 2 is 1.62 bits per heavy atom. The monoisotopic (exact) mass is 223 g/mol. The molecule has 2 aliphatic carbocycles. The van der Waals surface area contributed by atoms with Crippen LogP contribution in [-0.4, -0.2) is 5.54 Å². The Morgan fingerprint density at radius 1 is 1.00 bits per heavy atom. The van der Waals surface area contributed by atoms with E-state index < -0.39 is 0 Å². The van der Waals surface area contributed by atoms with Gasteiger partial charge in [-0.15, -0.1) is 0 Å². The smallest absolute Gasteiger partial charge is 0.0187 e. The number of hydrogen-bond donors (Lipinski definition) is 1. The van der Waals surface area contributed by atoms with Crippen molar-refractivity contribution in [1.29, 1.82) is 0 Å².